The number of carbonyl (C=O) groups is 1. The van der Waals surface area contributed by atoms with E-state index in [2.05, 4.69) is 42.6 Å². The van der Waals surface area contributed by atoms with Gasteiger partial charge in [-0.05, 0) is 24.7 Å². The minimum Gasteiger partial charge on any atom is -0.337 e. The predicted octanol–water partition coefficient (Wildman–Crippen LogP) is 5.35. The van der Waals surface area contributed by atoms with E-state index in [1.165, 1.54) is 38.5 Å². The third kappa shape index (κ3) is 7.98. The summed E-state index contributed by atoms with van der Waals surface area (Å²) in [5.74, 6) is 1.19. The summed E-state index contributed by atoms with van der Waals surface area (Å²) in [6.45, 7) is 10.6. The second kappa shape index (κ2) is 12.8. The largest absolute Gasteiger partial charge is 0.337 e. The van der Waals surface area contributed by atoms with Gasteiger partial charge in [0.2, 0.25) is 0 Å². The lowest BCUT2D eigenvalue weighted by Crippen LogP contribution is -2.39. The summed E-state index contributed by atoms with van der Waals surface area (Å²) in [5, 5.41) is 0. The van der Waals surface area contributed by atoms with E-state index >= 15 is 0 Å². The van der Waals surface area contributed by atoms with Crippen molar-refractivity contribution in [2.24, 2.45) is 11.8 Å². The van der Waals surface area contributed by atoms with E-state index in [0.29, 0.717) is 17.5 Å². The summed E-state index contributed by atoms with van der Waals surface area (Å²) >= 11 is 0. The Hall–Kier alpha value is -1.45. The third-order valence-corrected chi connectivity index (χ3v) is 5.11. The van der Waals surface area contributed by atoms with Crippen molar-refractivity contribution in [2.75, 3.05) is 13.1 Å². The average molecular weight is 348 g/mol. The highest BCUT2D eigenvalue weighted by atomic mass is 16.2. The van der Waals surface area contributed by atoms with Crippen LogP contribution in [0.15, 0.2) is 18.6 Å². The van der Waals surface area contributed by atoms with E-state index < -0.39 is 0 Å². The van der Waals surface area contributed by atoms with Gasteiger partial charge in [-0.15, -0.1) is 0 Å². The second-order valence-corrected chi connectivity index (χ2v) is 7.13. The highest BCUT2D eigenvalue weighted by Crippen LogP contribution is 2.20. The number of nitrogens with zero attached hydrogens (tertiary/aromatic N) is 3. The van der Waals surface area contributed by atoms with Crippen molar-refractivity contribution in [3.05, 3.63) is 24.3 Å². The van der Waals surface area contributed by atoms with Crippen LogP contribution < -0.4 is 0 Å². The van der Waals surface area contributed by atoms with Gasteiger partial charge in [-0.25, -0.2) is 4.98 Å². The Labute approximate surface area is 154 Å². The molecular weight excluding hydrogens is 310 g/mol. The van der Waals surface area contributed by atoms with Gasteiger partial charge in [-0.1, -0.05) is 66.2 Å². The van der Waals surface area contributed by atoms with Crippen LogP contribution in [-0.4, -0.2) is 33.9 Å². The van der Waals surface area contributed by atoms with Crippen LogP contribution in [0.5, 0.6) is 0 Å². The summed E-state index contributed by atoms with van der Waals surface area (Å²) < 4.78 is 0. The zero-order valence-corrected chi connectivity index (χ0v) is 16.7. The highest BCUT2D eigenvalue weighted by molar-refractivity contribution is 5.91. The zero-order valence-electron chi connectivity index (χ0n) is 16.7. The molecular formula is C21H37N3O. The number of aromatic nitrogens is 2. The van der Waals surface area contributed by atoms with Crippen molar-refractivity contribution < 1.29 is 4.79 Å². The lowest BCUT2D eigenvalue weighted by atomic mass is 9.95. The van der Waals surface area contributed by atoms with Gasteiger partial charge in [0.25, 0.3) is 5.91 Å². The minimum atomic E-state index is 0.0398. The van der Waals surface area contributed by atoms with Gasteiger partial charge in [-0.3, -0.25) is 9.78 Å². The average Bonchev–Trinajstić information content (AvgIpc) is 2.67. The molecule has 1 rings (SSSR count). The van der Waals surface area contributed by atoms with Crippen molar-refractivity contribution >= 4 is 5.91 Å². The Morgan fingerprint density at radius 3 is 1.92 bits per heavy atom. The molecule has 1 amide bonds. The first-order valence-corrected chi connectivity index (χ1v) is 10.2. The summed E-state index contributed by atoms with van der Waals surface area (Å²) in [4.78, 5) is 23.4. The van der Waals surface area contributed by atoms with Crippen LogP contribution in [0.25, 0.3) is 0 Å². The van der Waals surface area contributed by atoms with Crippen molar-refractivity contribution in [3.63, 3.8) is 0 Å². The molecule has 2 unspecified atom stereocenters. The molecule has 2 atom stereocenters. The number of amides is 1. The van der Waals surface area contributed by atoms with E-state index in [-0.39, 0.29) is 5.91 Å². The van der Waals surface area contributed by atoms with Gasteiger partial charge in [-0.2, -0.15) is 0 Å². The summed E-state index contributed by atoms with van der Waals surface area (Å²) in [6, 6.07) is 0. The third-order valence-electron chi connectivity index (χ3n) is 5.11. The number of unbranched alkanes of at least 4 members (excludes halogenated alkanes) is 2. The Kier molecular flexibility index (Phi) is 11.1. The summed E-state index contributed by atoms with van der Waals surface area (Å²) in [5.41, 5.74) is 0.471. The Morgan fingerprint density at radius 1 is 0.960 bits per heavy atom. The fraction of sp³-hybridized carbons (Fsp3) is 0.762. The molecule has 0 saturated heterocycles. The molecule has 0 aliphatic rings. The maximum atomic E-state index is 13.0. The van der Waals surface area contributed by atoms with Crippen LogP contribution in [0.1, 0.15) is 89.5 Å². The summed E-state index contributed by atoms with van der Waals surface area (Å²) in [7, 11) is 0. The molecule has 142 valence electrons. The normalized spacial score (nSPS) is 13.4. The SMILES string of the molecule is CCCCC(CC)CN(CC(CC)CCCC)C(=O)c1cnccn1. The van der Waals surface area contributed by atoms with E-state index in [1.807, 2.05) is 0 Å². The number of hydrogen-bond donors (Lipinski definition) is 0. The highest BCUT2D eigenvalue weighted by Gasteiger charge is 2.23. The first-order chi connectivity index (χ1) is 12.2. The molecule has 0 saturated carbocycles. The Bertz CT molecular complexity index is 445. The molecule has 25 heavy (non-hydrogen) atoms. The van der Waals surface area contributed by atoms with Crippen molar-refractivity contribution in [1.82, 2.24) is 14.9 Å². The monoisotopic (exact) mass is 347 g/mol. The quantitative estimate of drug-likeness (QED) is 0.483. The molecule has 0 radical (unpaired) electrons. The van der Waals surface area contributed by atoms with Gasteiger partial charge in [0.05, 0.1) is 6.20 Å². The van der Waals surface area contributed by atoms with E-state index in [0.717, 1.165) is 25.9 Å². The molecule has 0 bridgehead atoms. The number of rotatable bonds is 13. The number of hydrogen-bond acceptors (Lipinski definition) is 3. The lowest BCUT2D eigenvalue weighted by molar-refractivity contribution is 0.0678. The molecule has 0 aliphatic heterocycles. The molecule has 1 heterocycles. The van der Waals surface area contributed by atoms with Gasteiger partial charge >= 0.3 is 0 Å². The van der Waals surface area contributed by atoms with E-state index in [4.69, 9.17) is 0 Å². The molecule has 0 aliphatic carbocycles. The van der Waals surface area contributed by atoms with Crippen LogP contribution in [0.2, 0.25) is 0 Å². The van der Waals surface area contributed by atoms with Gasteiger partial charge in [0.15, 0.2) is 0 Å². The predicted molar refractivity (Wildman–Crippen MR) is 105 cm³/mol. The fourth-order valence-electron chi connectivity index (χ4n) is 3.27. The van der Waals surface area contributed by atoms with Crippen LogP contribution in [-0.2, 0) is 0 Å². The maximum absolute atomic E-state index is 13.0. The Morgan fingerprint density at radius 2 is 1.52 bits per heavy atom. The Balaban J connectivity index is 2.86. The zero-order chi connectivity index (χ0) is 18.5. The van der Waals surface area contributed by atoms with Gasteiger partial charge in [0, 0.05) is 25.5 Å². The van der Waals surface area contributed by atoms with Crippen molar-refractivity contribution in [1.29, 1.82) is 0 Å². The molecule has 0 spiro atoms. The summed E-state index contributed by atoms with van der Waals surface area (Å²) in [6.07, 6.45) is 14.3. The molecule has 0 aromatic carbocycles. The van der Waals surface area contributed by atoms with Crippen LogP contribution in [0.4, 0.5) is 0 Å². The lowest BCUT2D eigenvalue weighted by Gasteiger charge is -2.30. The van der Waals surface area contributed by atoms with Crippen LogP contribution in [0, 0.1) is 11.8 Å². The van der Waals surface area contributed by atoms with Gasteiger partial charge in [0.1, 0.15) is 5.69 Å². The topological polar surface area (TPSA) is 46.1 Å². The van der Waals surface area contributed by atoms with Crippen molar-refractivity contribution in [2.45, 2.75) is 79.1 Å². The first-order valence-electron chi connectivity index (χ1n) is 10.2. The first kappa shape index (κ1) is 21.6. The molecule has 4 nitrogen and oxygen atoms in total. The van der Waals surface area contributed by atoms with Crippen LogP contribution in [0.3, 0.4) is 0 Å². The standard InChI is InChI=1S/C21H37N3O/c1-5-9-11-18(7-3)16-24(17-19(8-4)12-10-6-2)21(25)20-15-22-13-14-23-20/h13-15,18-19H,5-12,16-17H2,1-4H3. The molecule has 0 fully saturated rings. The molecule has 1 aromatic rings. The maximum Gasteiger partial charge on any atom is 0.274 e. The van der Waals surface area contributed by atoms with E-state index in [9.17, 15) is 4.79 Å². The molecule has 1 aromatic heterocycles. The minimum absolute atomic E-state index is 0.0398. The smallest absolute Gasteiger partial charge is 0.274 e. The van der Waals surface area contributed by atoms with Crippen molar-refractivity contribution in [3.8, 4) is 0 Å². The second-order valence-electron chi connectivity index (χ2n) is 7.13. The van der Waals surface area contributed by atoms with Gasteiger partial charge < -0.3 is 4.90 Å². The van der Waals surface area contributed by atoms with E-state index in [1.54, 1.807) is 18.6 Å². The van der Waals surface area contributed by atoms with Crippen LogP contribution >= 0.6 is 0 Å². The molecule has 0 N–H and O–H groups in total. The number of carbonyl (C=O) groups excluding carboxylic acids is 1. The molecule has 4 heteroatoms. The fourth-order valence-corrected chi connectivity index (χ4v) is 3.27.